The van der Waals surface area contributed by atoms with E-state index in [0.717, 1.165) is 55.5 Å². The molecule has 1 atom stereocenters. The number of benzene rings is 1. The molecule has 2 fully saturated rings. The number of fused-ring (bicyclic) bond motifs is 1. The summed E-state index contributed by atoms with van der Waals surface area (Å²) in [5.74, 6) is 0. The van der Waals surface area contributed by atoms with E-state index in [2.05, 4.69) is 33.3 Å². The zero-order chi connectivity index (χ0) is 21.8. The maximum atomic E-state index is 12.4. The van der Waals surface area contributed by atoms with Crippen molar-refractivity contribution in [2.45, 2.75) is 65.0 Å². The minimum absolute atomic E-state index is 0.162. The molecule has 6 nitrogen and oxygen atoms in total. The van der Waals surface area contributed by atoms with Crippen LogP contribution in [0.5, 0.6) is 0 Å². The van der Waals surface area contributed by atoms with Gasteiger partial charge in [-0.1, -0.05) is 23.5 Å². The van der Waals surface area contributed by atoms with Gasteiger partial charge in [0.1, 0.15) is 15.6 Å². The van der Waals surface area contributed by atoms with Gasteiger partial charge in [-0.15, -0.1) is 10.2 Å². The number of hydrogen-bond acceptors (Lipinski definition) is 6. The van der Waals surface area contributed by atoms with Crippen molar-refractivity contribution in [1.82, 2.24) is 20.0 Å². The summed E-state index contributed by atoms with van der Waals surface area (Å²) < 4.78 is 5.55. The molecule has 0 unspecified atom stereocenters. The Morgan fingerprint density at radius 3 is 2.58 bits per heavy atom. The molecule has 0 N–H and O–H groups in total. The largest absolute Gasteiger partial charge is 0.444 e. The van der Waals surface area contributed by atoms with Crippen molar-refractivity contribution in [3.05, 3.63) is 34.3 Å². The van der Waals surface area contributed by atoms with E-state index in [1.165, 1.54) is 23.1 Å². The maximum absolute atomic E-state index is 12.4. The van der Waals surface area contributed by atoms with Crippen LogP contribution in [0.15, 0.2) is 18.2 Å². The molecular formula is C24H32N4O2S. The predicted octanol–water partition coefficient (Wildman–Crippen LogP) is 4.83. The zero-order valence-corrected chi connectivity index (χ0v) is 19.8. The number of rotatable bonds is 2. The second-order valence-electron chi connectivity index (χ2n) is 10.5. The van der Waals surface area contributed by atoms with Crippen LogP contribution in [0.2, 0.25) is 0 Å². The standard InChI is InChI=1S/C24H32N4O2S/c1-16-25-26-21(31-16)18-5-7-19-17(13-18)6-8-20(19)28-14-24(15-28)9-11-27(12-10-24)22(29)30-23(2,3)4/h5,7,13,20H,6,8-12,14-15H2,1-4H3/t20-/m1/s1. The summed E-state index contributed by atoms with van der Waals surface area (Å²) in [4.78, 5) is 16.9. The van der Waals surface area contributed by atoms with Crippen LogP contribution < -0.4 is 0 Å². The number of carbonyl (C=O) groups is 1. The molecule has 1 spiro atoms. The van der Waals surface area contributed by atoms with Gasteiger partial charge >= 0.3 is 6.09 Å². The average molecular weight is 441 g/mol. The number of nitrogens with zero attached hydrogens (tertiary/aromatic N) is 4. The van der Waals surface area contributed by atoms with Crippen LogP contribution in [0.1, 0.15) is 62.2 Å². The molecule has 1 aliphatic carbocycles. The van der Waals surface area contributed by atoms with Crippen LogP contribution in [-0.4, -0.2) is 57.9 Å². The fourth-order valence-corrected chi connectivity index (χ4v) is 6.05. The Morgan fingerprint density at radius 2 is 1.94 bits per heavy atom. The van der Waals surface area contributed by atoms with Gasteiger partial charge in [-0.05, 0) is 76.0 Å². The number of aromatic nitrogens is 2. The highest BCUT2D eigenvalue weighted by molar-refractivity contribution is 7.14. The number of carbonyl (C=O) groups excluding carboxylic acids is 1. The molecule has 0 saturated carbocycles. The minimum Gasteiger partial charge on any atom is -0.444 e. The van der Waals surface area contributed by atoms with Gasteiger partial charge in [-0.3, -0.25) is 4.90 Å². The van der Waals surface area contributed by atoms with Crippen molar-refractivity contribution in [3.8, 4) is 10.6 Å². The molecule has 1 amide bonds. The van der Waals surface area contributed by atoms with E-state index in [1.54, 1.807) is 11.3 Å². The lowest BCUT2D eigenvalue weighted by atomic mass is 9.71. The molecule has 2 saturated heterocycles. The van der Waals surface area contributed by atoms with E-state index in [4.69, 9.17) is 4.74 Å². The summed E-state index contributed by atoms with van der Waals surface area (Å²) in [5.41, 5.74) is 4.11. The number of ether oxygens (including phenoxy) is 1. The number of piperidine rings is 1. The first-order valence-electron chi connectivity index (χ1n) is 11.4. The summed E-state index contributed by atoms with van der Waals surface area (Å²) in [6, 6.07) is 7.39. The van der Waals surface area contributed by atoms with Gasteiger partial charge < -0.3 is 9.64 Å². The van der Waals surface area contributed by atoms with E-state index in [-0.39, 0.29) is 6.09 Å². The van der Waals surface area contributed by atoms with E-state index < -0.39 is 5.60 Å². The predicted molar refractivity (Wildman–Crippen MR) is 122 cm³/mol. The third kappa shape index (κ3) is 4.10. The Balaban J connectivity index is 1.19. The molecule has 1 aromatic heterocycles. The van der Waals surface area contributed by atoms with Crippen LogP contribution in [0, 0.1) is 12.3 Å². The van der Waals surface area contributed by atoms with Crippen LogP contribution in [-0.2, 0) is 11.2 Å². The van der Waals surface area contributed by atoms with Crippen molar-refractivity contribution in [2.75, 3.05) is 26.2 Å². The summed E-state index contributed by atoms with van der Waals surface area (Å²) in [5, 5.41) is 10.5. The summed E-state index contributed by atoms with van der Waals surface area (Å²) >= 11 is 1.66. The van der Waals surface area contributed by atoms with Gasteiger partial charge in [0.05, 0.1) is 0 Å². The van der Waals surface area contributed by atoms with Gasteiger partial charge in [0.25, 0.3) is 0 Å². The second-order valence-corrected chi connectivity index (χ2v) is 11.6. The third-order valence-electron chi connectivity index (χ3n) is 6.96. The smallest absolute Gasteiger partial charge is 0.410 e. The Hall–Kier alpha value is -1.99. The van der Waals surface area contributed by atoms with Gasteiger partial charge in [-0.2, -0.15) is 0 Å². The monoisotopic (exact) mass is 440 g/mol. The van der Waals surface area contributed by atoms with Crippen molar-refractivity contribution >= 4 is 17.4 Å². The van der Waals surface area contributed by atoms with E-state index >= 15 is 0 Å². The topological polar surface area (TPSA) is 58.6 Å². The van der Waals surface area contributed by atoms with Crippen LogP contribution in [0.4, 0.5) is 4.79 Å². The molecule has 31 heavy (non-hydrogen) atoms. The van der Waals surface area contributed by atoms with E-state index in [0.29, 0.717) is 11.5 Å². The van der Waals surface area contributed by atoms with Crippen LogP contribution in [0.3, 0.4) is 0 Å². The Bertz CT molecular complexity index is 980. The number of likely N-dealkylation sites (tertiary alicyclic amines) is 2. The molecular weight excluding hydrogens is 408 g/mol. The van der Waals surface area contributed by atoms with Gasteiger partial charge in [0, 0.05) is 37.8 Å². The zero-order valence-electron chi connectivity index (χ0n) is 19.0. The van der Waals surface area contributed by atoms with Crippen molar-refractivity contribution < 1.29 is 9.53 Å². The fraction of sp³-hybridized carbons (Fsp3) is 0.625. The minimum atomic E-state index is -0.426. The molecule has 0 bridgehead atoms. The molecule has 5 rings (SSSR count). The molecule has 166 valence electrons. The van der Waals surface area contributed by atoms with Gasteiger partial charge in [0.15, 0.2) is 0 Å². The second kappa shape index (κ2) is 7.55. The fourth-order valence-electron chi connectivity index (χ4n) is 5.36. The third-order valence-corrected chi connectivity index (χ3v) is 7.84. The SMILES string of the molecule is Cc1nnc(-c2ccc3c(c2)CC[C@H]3N2CC3(CCN(C(=O)OC(C)(C)C)CC3)C2)s1. The lowest BCUT2D eigenvalue weighted by Gasteiger charge is -2.56. The molecule has 2 aliphatic heterocycles. The molecule has 2 aromatic rings. The Morgan fingerprint density at radius 1 is 1.19 bits per heavy atom. The summed E-state index contributed by atoms with van der Waals surface area (Å²) in [7, 11) is 0. The first kappa shape index (κ1) is 20.9. The Labute approximate surface area is 188 Å². The van der Waals surface area contributed by atoms with Gasteiger partial charge in [0.2, 0.25) is 0 Å². The quantitative estimate of drug-likeness (QED) is 0.669. The van der Waals surface area contributed by atoms with Crippen LogP contribution >= 0.6 is 11.3 Å². The lowest BCUT2D eigenvalue weighted by molar-refractivity contribution is -0.0716. The average Bonchev–Trinajstić information content (AvgIpc) is 3.30. The van der Waals surface area contributed by atoms with E-state index in [1.807, 2.05) is 32.6 Å². The number of amides is 1. The molecule has 7 heteroatoms. The maximum Gasteiger partial charge on any atom is 0.410 e. The Kier molecular flexibility index (Phi) is 5.09. The number of aryl methyl sites for hydroxylation is 2. The van der Waals surface area contributed by atoms with Crippen molar-refractivity contribution in [1.29, 1.82) is 0 Å². The molecule has 1 aromatic carbocycles. The molecule has 3 heterocycles. The highest BCUT2D eigenvalue weighted by Gasteiger charge is 2.48. The number of hydrogen-bond donors (Lipinski definition) is 0. The highest BCUT2D eigenvalue weighted by atomic mass is 32.1. The highest BCUT2D eigenvalue weighted by Crippen LogP contribution is 2.48. The summed E-state index contributed by atoms with van der Waals surface area (Å²) in [6.07, 6.45) is 4.34. The first-order chi connectivity index (χ1) is 14.7. The molecule has 0 radical (unpaired) electrons. The summed E-state index contributed by atoms with van der Waals surface area (Å²) in [6.45, 7) is 11.7. The van der Waals surface area contributed by atoms with Crippen molar-refractivity contribution in [3.63, 3.8) is 0 Å². The van der Waals surface area contributed by atoms with Gasteiger partial charge in [-0.25, -0.2) is 4.79 Å². The normalized spacial score (nSPS) is 23.0. The van der Waals surface area contributed by atoms with Crippen LogP contribution in [0.25, 0.3) is 10.6 Å². The first-order valence-corrected chi connectivity index (χ1v) is 12.2. The van der Waals surface area contributed by atoms with Crippen molar-refractivity contribution in [2.24, 2.45) is 5.41 Å². The molecule has 3 aliphatic rings. The van der Waals surface area contributed by atoms with E-state index in [9.17, 15) is 4.79 Å². The lowest BCUT2D eigenvalue weighted by Crippen LogP contribution is -2.61.